The number of aromatic carboxylic acids is 1. The molecule has 0 aliphatic carbocycles. The number of carboxylic acids is 1. The third-order valence-corrected chi connectivity index (χ3v) is 3.24. The monoisotopic (exact) mass is 287 g/mol. The highest BCUT2D eigenvalue weighted by atomic mass is 16.4. The van der Waals surface area contributed by atoms with Gasteiger partial charge in [-0.2, -0.15) is 0 Å². The summed E-state index contributed by atoms with van der Waals surface area (Å²) in [7, 11) is 5.14. The predicted octanol–water partition coefficient (Wildman–Crippen LogP) is 1.46. The summed E-state index contributed by atoms with van der Waals surface area (Å²) in [6.07, 6.45) is 1.33. The summed E-state index contributed by atoms with van der Waals surface area (Å²) in [4.78, 5) is 30.5. The summed E-state index contributed by atoms with van der Waals surface area (Å²) in [5.41, 5.74) is 0.154. The van der Waals surface area contributed by atoms with E-state index < -0.39 is 5.97 Å². The number of hydrogen-bond acceptors (Lipinski definition) is 4. The Labute approximate surface area is 122 Å². The smallest absolute Gasteiger partial charge is 0.337 e. The van der Waals surface area contributed by atoms with Gasteiger partial charge in [0.1, 0.15) is 5.82 Å². The summed E-state index contributed by atoms with van der Waals surface area (Å²) in [6, 6.07) is 7.15. The number of pyridine rings is 1. The molecule has 1 aromatic heterocycles. The van der Waals surface area contributed by atoms with E-state index in [-0.39, 0.29) is 18.0 Å². The van der Waals surface area contributed by atoms with Gasteiger partial charge in [0, 0.05) is 38.1 Å². The minimum Gasteiger partial charge on any atom is -0.478 e. The van der Waals surface area contributed by atoms with Crippen LogP contribution in [-0.4, -0.2) is 54.6 Å². The van der Waals surface area contributed by atoms with Gasteiger partial charge < -0.3 is 14.9 Å². The standard InChI is InChI=1S/C15H17N3O3/c1-17(2)13(19)9-18(3)14-11-7-5-4-6-10(11)12(8-16-14)15(20)21/h4-8H,9H2,1-3H3,(H,20,21). The SMILES string of the molecule is CN(C)C(=O)CN(C)c1ncc(C(=O)O)c2ccccc12. The second-order valence-electron chi connectivity index (χ2n) is 4.99. The van der Waals surface area contributed by atoms with Crippen molar-refractivity contribution in [1.82, 2.24) is 9.88 Å². The Morgan fingerprint density at radius 2 is 1.76 bits per heavy atom. The predicted molar refractivity (Wildman–Crippen MR) is 80.7 cm³/mol. The summed E-state index contributed by atoms with van der Waals surface area (Å²) >= 11 is 0. The van der Waals surface area contributed by atoms with Crippen molar-refractivity contribution in [1.29, 1.82) is 0 Å². The highest BCUT2D eigenvalue weighted by Crippen LogP contribution is 2.26. The second kappa shape index (κ2) is 5.78. The Kier molecular flexibility index (Phi) is 4.07. The van der Waals surface area contributed by atoms with Gasteiger partial charge in [-0.3, -0.25) is 4.79 Å². The van der Waals surface area contributed by atoms with Gasteiger partial charge in [-0.05, 0) is 0 Å². The second-order valence-corrected chi connectivity index (χ2v) is 4.99. The number of carbonyl (C=O) groups is 2. The van der Waals surface area contributed by atoms with Crippen molar-refractivity contribution < 1.29 is 14.7 Å². The van der Waals surface area contributed by atoms with Crippen LogP contribution in [0, 0.1) is 0 Å². The maximum absolute atomic E-state index is 11.8. The molecule has 110 valence electrons. The number of rotatable bonds is 4. The molecule has 0 bridgehead atoms. The Morgan fingerprint density at radius 1 is 1.14 bits per heavy atom. The minimum absolute atomic E-state index is 0.0503. The molecule has 1 aromatic carbocycles. The zero-order chi connectivity index (χ0) is 15.6. The van der Waals surface area contributed by atoms with Crippen molar-refractivity contribution in [3.8, 4) is 0 Å². The van der Waals surface area contributed by atoms with Crippen LogP contribution >= 0.6 is 0 Å². The molecule has 0 radical (unpaired) electrons. The normalized spacial score (nSPS) is 10.4. The van der Waals surface area contributed by atoms with E-state index >= 15 is 0 Å². The van der Waals surface area contributed by atoms with Gasteiger partial charge in [-0.15, -0.1) is 0 Å². The number of hydrogen-bond donors (Lipinski definition) is 1. The van der Waals surface area contributed by atoms with Crippen molar-refractivity contribution >= 4 is 28.5 Å². The number of fused-ring (bicyclic) bond motifs is 1. The van der Waals surface area contributed by atoms with Crippen LogP contribution in [0.25, 0.3) is 10.8 Å². The number of carboxylic acid groups (broad SMARTS) is 1. The fraction of sp³-hybridized carbons (Fsp3) is 0.267. The van der Waals surface area contributed by atoms with E-state index in [9.17, 15) is 14.7 Å². The molecule has 0 atom stereocenters. The summed E-state index contributed by atoms with van der Waals surface area (Å²) < 4.78 is 0. The molecular weight excluding hydrogens is 270 g/mol. The molecule has 1 amide bonds. The molecule has 1 heterocycles. The number of nitrogens with zero attached hydrogens (tertiary/aromatic N) is 3. The molecule has 2 aromatic rings. The van der Waals surface area contributed by atoms with Gasteiger partial charge in [-0.25, -0.2) is 9.78 Å². The average molecular weight is 287 g/mol. The third kappa shape index (κ3) is 2.94. The first-order valence-electron chi connectivity index (χ1n) is 6.44. The number of amides is 1. The third-order valence-electron chi connectivity index (χ3n) is 3.24. The molecule has 0 aliphatic rings. The summed E-state index contributed by atoms with van der Waals surface area (Å²) in [5, 5.41) is 10.5. The quantitative estimate of drug-likeness (QED) is 0.921. The van der Waals surface area contributed by atoms with E-state index in [1.165, 1.54) is 11.1 Å². The summed E-state index contributed by atoms with van der Waals surface area (Å²) in [6.45, 7) is 0.177. The van der Waals surface area contributed by atoms with E-state index in [1.54, 1.807) is 44.2 Å². The maximum Gasteiger partial charge on any atom is 0.337 e. The first-order chi connectivity index (χ1) is 9.91. The van der Waals surface area contributed by atoms with E-state index in [0.29, 0.717) is 16.6 Å². The van der Waals surface area contributed by atoms with E-state index in [4.69, 9.17) is 0 Å². The largest absolute Gasteiger partial charge is 0.478 e. The van der Waals surface area contributed by atoms with E-state index in [1.807, 2.05) is 6.07 Å². The highest BCUT2D eigenvalue weighted by Gasteiger charge is 2.16. The molecule has 1 N–H and O–H groups in total. The van der Waals surface area contributed by atoms with E-state index in [0.717, 1.165) is 0 Å². The van der Waals surface area contributed by atoms with Crippen molar-refractivity contribution in [2.45, 2.75) is 0 Å². The molecule has 0 spiro atoms. The van der Waals surface area contributed by atoms with Crippen LogP contribution in [0.5, 0.6) is 0 Å². The van der Waals surface area contributed by atoms with Crippen LogP contribution in [-0.2, 0) is 4.79 Å². The van der Waals surface area contributed by atoms with Gasteiger partial charge in [0.15, 0.2) is 0 Å². The molecule has 2 rings (SSSR count). The lowest BCUT2D eigenvalue weighted by Crippen LogP contribution is -2.34. The van der Waals surface area contributed by atoms with Crippen molar-refractivity contribution in [3.63, 3.8) is 0 Å². The molecular formula is C15H17N3O3. The average Bonchev–Trinajstić information content (AvgIpc) is 2.45. The van der Waals surface area contributed by atoms with Gasteiger partial charge in [-0.1, -0.05) is 24.3 Å². The first-order valence-corrected chi connectivity index (χ1v) is 6.44. The molecule has 0 saturated carbocycles. The van der Waals surface area contributed by atoms with Gasteiger partial charge >= 0.3 is 5.97 Å². The van der Waals surface area contributed by atoms with Crippen molar-refractivity contribution in [2.75, 3.05) is 32.6 Å². The molecule has 6 heteroatoms. The minimum atomic E-state index is -1.02. The molecule has 0 unspecified atom stereocenters. The van der Waals surface area contributed by atoms with Crippen LogP contribution < -0.4 is 4.90 Å². The topological polar surface area (TPSA) is 73.7 Å². The van der Waals surface area contributed by atoms with Crippen LogP contribution in [0.1, 0.15) is 10.4 Å². The van der Waals surface area contributed by atoms with Crippen molar-refractivity contribution in [2.24, 2.45) is 0 Å². The number of anilines is 1. The lowest BCUT2D eigenvalue weighted by atomic mass is 10.1. The zero-order valence-electron chi connectivity index (χ0n) is 12.2. The van der Waals surface area contributed by atoms with Gasteiger partial charge in [0.25, 0.3) is 0 Å². The van der Waals surface area contributed by atoms with Crippen LogP contribution in [0.3, 0.4) is 0 Å². The maximum atomic E-state index is 11.8. The molecule has 21 heavy (non-hydrogen) atoms. The molecule has 0 saturated heterocycles. The molecule has 6 nitrogen and oxygen atoms in total. The zero-order valence-corrected chi connectivity index (χ0v) is 12.2. The number of benzene rings is 1. The number of likely N-dealkylation sites (N-methyl/N-ethyl adjacent to an activating group) is 2. The Hall–Kier alpha value is -2.63. The van der Waals surface area contributed by atoms with Gasteiger partial charge in [0.05, 0.1) is 12.1 Å². The molecule has 0 fully saturated rings. The summed E-state index contributed by atoms with van der Waals surface area (Å²) in [5.74, 6) is -0.478. The Bertz CT molecular complexity index is 698. The van der Waals surface area contributed by atoms with Crippen LogP contribution in [0.15, 0.2) is 30.5 Å². The van der Waals surface area contributed by atoms with Crippen LogP contribution in [0.4, 0.5) is 5.82 Å². The fourth-order valence-electron chi connectivity index (χ4n) is 2.07. The fourth-order valence-corrected chi connectivity index (χ4v) is 2.07. The van der Waals surface area contributed by atoms with Crippen molar-refractivity contribution in [3.05, 3.63) is 36.0 Å². The number of aromatic nitrogens is 1. The van der Waals surface area contributed by atoms with Gasteiger partial charge in [0.2, 0.25) is 5.91 Å². The molecule has 0 aliphatic heterocycles. The Morgan fingerprint density at radius 3 is 2.33 bits per heavy atom. The Balaban J connectivity index is 2.48. The van der Waals surface area contributed by atoms with E-state index in [2.05, 4.69) is 4.98 Å². The van der Waals surface area contributed by atoms with Crippen LogP contribution in [0.2, 0.25) is 0 Å². The highest BCUT2D eigenvalue weighted by molar-refractivity contribution is 6.06. The lowest BCUT2D eigenvalue weighted by Gasteiger charge is -2.21. The number of carbonyl (C=O) groups excluding carboxylic acids is 1. The first kappa shape index (κ1) is 14.8. The lowest BCUT2D eigenvalue weighted by molar-refractivity contribution is -0.127.